The maximum atomic E-state index is 10.2. The molecule has 1 N–H and O–H groups in total. The summed E-state index contributed by atoms with van der Waals surface area (Å²) in [6, 6.07) is 6.13. The van der Waals surface area contributed by atoms with E-state index in [0.29, 0.717) is 6.61 Å². The minimum absolute atomic E-state index is 0.168. The van der Waals surface area contributed by atoms with Crippen LogP contribution in [-0.2, 0) is 4.74 Å². The molecule has 0 spiro atoms. The number of aliphatic hydroxyl groups is 1. The van der Waals surface area contributed by atoms with Crippen LogP contribution in [0.15, 0.2) is 18.2 Å². The van der Waals surface area contributed by atoms with Gasteiger partial charge in [-0.2, -0.15) is 0 Å². The molecule has 0 amide bonds. The zero-order valence-electron chi connectivity index (χ0n) is 11.6. The second kappa shape index (κ2) is 5.65. The first kappa shape index (κ1) is 14.2. The third-order valence-corrected chi connectivity index (χ3v) is 3.28. The highest BCUT2D eigenvalue weighted by molar-refractivity contribution is 5.32. The smallest absolute Gasteiger partial charge is 0.103 e. The average molecular weight is 236 g/mol. The molecule has 0 aliphatic carbocycles. The largest absolute Gasteiger partial charge is 0.386 e. The summed E-state index contributed by atoms with van der Waals surface area (Å²) in [5.41, 5.74) is 3.08. The van der Waals surface area contributed by atoms with Gasteiger partial charge in [0, 0.05) is 0 Å². The molecule has 17 heavy (non-hydrogen) atoms. The lowest BCUT2D eigenvalue weighted by atomic mass is 10.0. The van der Waals surface area contributed by atoms with Crippen molar-refractivity contribution in [1.29, 1.82) is 0 Å². The van der Waals surface area contributed by atoms with Crippen LogP contribution < -0.4 is 0 Å². The highest BCUT2D eigenvalue weighted by atomic mass is 16.5. The molecule has 1 unspecified atom stereocenters. The highest BCUT2D eigenvalue weighted by Crippen LogP contribution is 2.22. The molecule has 96 valence electrons. The Hall–Kier alpha value is -0.860. The number of aryl methyl sites for hydroxylation is 2. The molecular formula is C15H24O2. The fourth-order valence-electron chi connectivity index (χ4n) is 1.62. The van der Waals surface area contributed by atoms with Gasteiger partial charge in [-0.1, -0.05) is 30.7 Å². The molecule has 0 aromatic heterocycles. The average Bonchev–Trinajstić information content (AvgIpc) is 2.29. The highest BCUT2D eigenvalue weighted by Gasteiger charge is 2.19. The van der Waals surface area contributed by atoms with E-state index in [4.69, 9.17) is 4.74 Å². The molecule has 0 aliphatic rings. The summed E-state index contributed by atoms with van der Waals surface area (Å²) in [6.45, 7) is 10.6. The molecule has 0 radical (unpaired) electrons. The quantitative estimate of drug-likeness (QED) is 0.847. The first-order valence-corrected chi connectivity index (χ1v) is 6.25. The molecule has 0 saturated carbocycles. The summed E-state index contributed by atoms with van der Waals surface area (Å²) in [7, 11) is 0. The van der Waals surface area contributed by atoms with Crippen molar-refractivity contribution in [3.8, 4) is 0 Å². The Balaban J connectivity index is 2.70. The number of hydrogen-bond donors (Lipinski definition) is 1. The Morgan fingerprint density at radius 2 is 1.94 bits per heavy atom. The first-order chi connectivity index (χ1) is 7.85. The van der Waals surface area contributed by atoms with E-state index in [1.807, 2.05) is 39.8 Å². The second-order valence-corrected chi connectivity index (χ2v) is 5.30. The monoisotopic (exact) mass is 236 g/mol. The van der Waals surface area contributed by atoms with Gasteiger partial charge < -0.3 is 9.84 Å². The lowest BCUT2D eigenvalue weighted by Gasteiger charge is -2.25. The minimum Gasteiger partial charge on any atom is -0.386 e. The molecule has 2 nitrogen and oxygen atoms in total. The Morgan fingerprint density at radius 1 is 1.29 bits per heavy atom. The van der Waals surface area contributed by atoms with E-state index in [1.165, 1.54) is 5.56 Å². The van der Waals surface area contributed by atoms with Gasteiger partial charge in [0.15, 0.2) is 0 Å². The second-order valence-electron chi connectivity index (χ2n) is 5.30. The predicted octanol–water partition coefficient (Wildman–Crippen LogP) is 3.54. The topological polar surface area (TPSA) is 29.5 Å². The molecule has 0 bridgehead atoms. The van der Waals surface area contributed by atoms with E-state index in [-0.39, 0.29) is 5.60 Å². The van der Waals surface area contributed by atoms with Crippen LogP contribution in [0.2, 0.25) is 0 Å². The summed E-state index contributed by atoms with van der Waals surface area (Å²) >= 11 is 0. The Kier molecular flexibility index (Phi) is 4.72. The fraction of sp³-hybridized carbons (Fsp3) is 0.600. The maximum Gasteiger partial charge on any atom is 0.103 e. The Morgan fingerprint density at radius 3 is 2.53 bits per heavy atom. The van der Waals surface area contributed by atoms with Gasteiger partial charge in [0.2, 0.25) is 0 Å². The minimum atomic E-state index is -0.541. The fourth-order valence-corrected chi connectivity index (χ4v) is 1.62. The summed E-state index contributed by atoms with van der Waals surface area (Å²) in [4.78, 5) is 0. The molecule has 0 fully saturated rings. The maximum absolute atomic E-state index is 10.2. The van der Waals surface area contributed by atoms with Crippen LogP contribution in [0, 0.1) is 13.8 Å². The summed E-state index contributed by atoms with van der Waals surface area (Å²) in [5, 5.41) is 10.2. The molecule has 1 rings (SSSR count). The van der Waals surface area contributed by atoms with Crippen molar-refractivity contribution in [2.75, 3.05) is 6.61 Å². The van der Waals surface area contributed by atoms with Crippen molar-refractivity contribution in [3.63, 3.8) is 0 Å². The number of rotatable bonds is 5. The van der Waals surface area contributed by atoms with Crippen molar-refractivity contribution in [3.05, 3.63) is 34.9 Å². The van der Waals surface area contributed by atoms with Gasteiger partial charge >= 0.3 is 0 Å². The van der Waals surface area contributed by atoms with Crippen LogP contribution in [0.3, 0.4) is 0 Å². The molecular weight excluding hydrogens is 212 g/mol. The van der Waals surface area contributed by atoms with E-state index in [2.05, 4.69) is 13.0 Å². The molecule has 1 aromatic carbocycles. The van der Waals surface area contributed by atoms with E-state index in [9.17, 15) is 5.11 Å². The van der Waals surface area contributed by atoms with Crippen LogP contribution in [0.5, 0.6) is 0 Å². The van der Waals surface area contributed by atoms with E-state index < -0.39 is 6.10 Å². The van der Waals surface area contributed by atoms with E-state index in [0.717, 1.165) is 17.5 Å². The Labute approximate surface area is 105 Å². The van der Waals surface area contributed by atoms with E-state index in [1.54, 1.807) is 0 Å². The van der Waals surface area contributed by atoms with Gasteiger partial charge in [-0.25, -0.2) is 0 Å². The lowest BCUT2D eigenvalue weighted by Crippen LogP contribution is -2.26. The number of hydrogen-bond acceptors (Lipinski definition) is 2. The molecule has 0 saturated heterocycles. The third-order valence-electron chi connectivity index (χ3n) is 3.28. The molecule has 0 heterocycles. The summed E-state index contributed by atoms with van der Waals surface area (Å²) in [5.74, 6) is 0. The molecule has 1 aromatic rings. The normalized spacial score (nSPS) is 13.8. The van der Waals surface area contributed by atoms with Crippen LogP contribution in [0.1, 0.15) is 50.0 Å². The third kappa shape index (κ3) is 4.14. The summed E-state index contributed by atoms with van der Waals surface area (Å²) < 4.78 is 5.74. The van der Waals surface area contributed by atoms with Crippen molar-refractivity contribution in [1.82, 2.24) is 0 Å². The van der Waals surface area contributed by atoms with Crippen LogP contribution in [0.4, 0.5) is 0 Å². The predicted molar refractivity (Wildman–Crippen MR) is 71.2 cm³/mol. The van der Waals surface area contributed by atoms with E-state index >= 15 is 0 Å². The first-order valence-electron chi connectivity index (χ1n) is 6.25. The van der Waals surface area contributed by atoms with Crippen molar-refractivity contribution >= 4 is 0 Å². The number of aliphatic hydroxyl groups excluding tert-OH is 1. The number of ether oxygens (including phenoxy) is 1. The molecule has 2 heteroatoms. The number of benzene rings is 1. The van der Waals surface area contributed by atoms with Gasteiger partial charge in [0.1, 0.15) is 6.10 Å². The van der Waals surface area contributed by atoms with Gasteiger partial charge in [0.05, 0.1) is 12.2 Å². The lowest BCUT2D eigenvalue weighted by molar-refractivity contribution is -0.0619. The van der Waals surface area contributed by atoms with Gasteiger partial charge in [-0.05, 0) is 45.2 Å². The zero-order chi connectivity index (χ0) is 13.1. The van der Waals surface area contributed by atoms with Crippen LogP contribution >= 0.6 is 0 Å². The molecule has 0 aliphatic heterocycles. The SMILES string of the molecule is CCC(C)(C)OCC(O)c1cc(C)ccc1C. The van der Waals surface area contributed by atoms with Crippen molar-refractivity contribution in [2.24, 2.45) is 0 Å². The Bertz CT molecular complexity index is 369. The van der Waals surface area contributed by atoms with Crippen molar-refractivity contribution in [2.45, 2.75) is 52.7 Å². The van der Waals surface area contributed by atoms with Crippen molar-refractivity contribution < 1.29 is 9.84 Å². The van der Waals surface area contributed by atoms with Gasteiger partial charge in [-0.3, -0.25) is 0 Å². The van der Waals surface area contributed by atoms with Gasteiger partial charge in [0.25, 0.3) is 0 Å². The van der Waals surface area contributed by atoms with Crippen LogP contribution in [0.25, 0.3) is 0 Å². The van der Waals surface area contributed by atoms with Crippen LogP contribution in [-0.4, -0.2) is 17.3 Å². The zero-order valence-corrected chi connectivity index (χ0v) is 11.6. The molecule has 1 atom stereocenters. The van der Waals surface area contributed by atoms with Gasteiger partial charge in [-0.15, -0.1) is 0 Å². The summed E-state index contributed by atoms with van der Waals surface area (Å²) in [6.07, 6.45) is 0.396. The standard InChI is InChI=1S/C15H24O2/c1-6-15(4,5)17-10-14(16)13-9-11(2)7-8-12(13)3/h7-9,14,16H,6,10H2,1-5H3.